The van der Waals surface area contributed by atoms with Crippen LogP contribution < -0.4 is 5.32 Å². The highest BCUT2D eigenvalue weighted by atomic mass is 32.2. The first-order valence-corrected chi connectivity index (χ1v) is 9.68. The first-order valence-electron chi connectivity index (χ1n) is 8.69. The second-order valence-electron chi connectivity index (χ2n) is 6.17. The first kappa shape index (κ1) is 19.4. The van der Waals surface area contributed by atoms with Crippen molar-refractivity contribution in [2.75, 3.05) is 37.4 Å². The lowest BCUT2D eigenvalue weighted by Crippen LogP contribution is -2.41. The van der Waals surface area contributed by atoms with Gasteiger partial charge in [-0.3, -0.25) is 9.59 Å². The minimum atomic E-state index is -0.304. The monoisotopic (exact) mass is 388 g/mol. The molecule has 0 unspecified atom stereocenters. The molecule has 142 valence electrons. The Morgan fingerprint density at radius 1 is 1.15 bits per heavy atom. The molecule has 0 radical (unpaired) electrons. The van der Waals surface area contributed by atoms with Gasteiger partial charge in [-0.25, -0.2) is 4.39 Å². The molecule has 0 saturated carbocycles. The first-order chi connectivity index (χ1) is 13.0. The van der Waals surface area contributed by atoms with E-state index >= 15 is 0 Å². The average molecular weight is 388 g/mol. The molecule has 3 rings (SSSR count). The summed E-state index contributed by atoms with van der Waals surface area (Å²) in [4.78, 5) is 27.6. The van der Waals surface area contributed by atoms with Crippen LogP contribution in [-0.4, -0.2) is 48.8 Å². The van der Waals surface area contributed by atoms with Gasteiger partial charge in [0.25, 0.3) is 5.91 Å². The number of ether oxygens (including phenoxy) is 1. The van der Waals surface area contributed by atoms with Crippen LogP contribution in [0, 0.1) is 12.7 Å². The van der Waals surface area contributed by atoms with Crippen molar-refractivity contribution < 1.29 is 18.7 Å². The molecule has 1 fully saturated rings. The fraction of sp³-hybridized carbons (Fsp3) is 0.300. The van der Waals surface area contributed by atoms with Crippen LogP contribution in [0.2, 0.25) is 0 Å². The van der Waals surface area contributed by atoms with Crippen molar-refractivity contribution in [1.82, 2.24) is 4.90 Å². The van der Waals surface area contributed by atoms with E-state index < -0.39 is 0 Å². The van der Waals surface area contributed by atoms with Crippen molar-refractivity contribution in [3.8, 4) is 0 Å². The molecule has 0 atom stereocenters. The number of halogens is 1. The Labute approximate surface area is 161 Å². The summed E-state index contributed by atoms with van der Waals surface area (Å²) in [6.07, 6.45) is 0. The van der Waals surface area contributed by atoms with Gasteiger partial charge in [0, 0.05) is 29.2 Å². The standard InChI is InChI=1S/C20H21FN2O3S/c1-14-17(20(25)23-9-11-26-12-10-23)3-2-4-18(14)22-19(24)13-27-16-7-5-15(21)6-8-16/h2-8H,9-13H2,1H3,(H,22,24). The Balaban J connectivity index is 1.63. The van der Waals surface area contributed by atoms with Crippen molar-refractivity contribution >= 4 is 29.3 Å². The smallest absolute Gasteiger partial charge is 0.254 e. The lowest BCUT2D eigenvalue weighted by molar-refractivity contribution is -0.113. The van der Waals surface area contributed by atoms with Crippen molar-refractivity contribution in [1.29, 1.82) is 0 Å². The van der Waals surface area contributed by atoms with E-state index in [0.29, 0.717) is 37.6 Å². The molecule has 0 aromatic heterocycles. The third-order valence-electron chi connectivity index (χ3n) is 4.32. The molecule has 2 aromatic rings. The van der Waals surface area contributed by atoms with Gasteiger partial charge in [0.1, 0.15) is 5.82 Å². The number of nitrogens with one attached hydrogen (secondary N) is 1. The summed E-state index contributed by atoms with van der Waals surface area (Å²) in [5, 5.41) is 2.86. The number of amides is 2. The van der Waals surface area contributed by atoms with Gasteiger partial charge in [0.05, 0.1) is 19.0 Å². The molecule has 1 saturated heterocycles. The Kier molecular flexibility index (Phi) is 6.47. The van der Waals surface area contributed by atoms with E-state index in [2.05, 4.69) is 5.32 Å². The minimum absolute atomic E-state index is 0.0485. The maximum absolute atomic E-state index is 12.9. The Bertz CT molecular complexity index is 820. The van der Waals surface area contributed by atoms with E-state index in [0.717, 1.165) is 10.5 Å². The maximum atomic E-state index is 12.9. The van der Waals surface area contributed by atoms with Crippen LogP contribution in [0.15, 0.2) is 47.4 Å². The topological polar surface area (TPSA) is 58.6 Å². The molecule has 27 heavy (non-hydrogen) atoms. The summed E-state index contributed by atoms with van der Waals surface area (Å²) in [5.74, 6) is -0.329. The molecular formula is C20H21FN2O3S. The lowest BCUT2D eigenvalue weighted by Gasteiger charge is -2.27. The zero-order chi connectivity index (χ0) is 19.2. The van der Waals surface area contributed by atoms with Crippen LogP contribution in [0.5, 0.6) is 0 Å². The fourth-order valence-corrected chi connectivity index (χ4v) is 3.50. The Hall–Kier alpha value is -2.38. The number of carbonyl (C=O) groups is 2. The number of thioether (sulfide) groups is 1. The molecule has 2 aromatic carbocycles. The maximum Gasteiger partial charge on any atom is 0.254 e. The Morgan fingerprint density at radius 3 is 2.56 bits per heavy atom. The predicted molar refractivity (Wildman–Crippen MR) is 104 cm³/mol. The van der Waals surface area contributed by atoms with Crippen molar-refractivity contribution in [3.05, 3.63) is 59.4 Å². The summed E-state index contributed by atoms with van der Waals surface area (Å²) in [6.45, 7) is 4.06. The summed E-state index contributed by atoms with van der Waals surface area (Å²) < 4.78 is 18.2. The predicted octanol–water partition coefficient (Wildman–Crippen LogP) is 3.34. The van der Waals surface area contributed by atoms with E-state index in [1.54, 1.807) is 35.2 Å². The molecule has 1 heterocycles. The molecule has 1 aliphatic rings. The molecule has 1 N–H and O–H groups in total. The third kappa shape index (κ3) is 5.08. The number of hydrogen-bond donors (Lipinski definition) is 1. The van der Waals surface area contributed by atoms with Gasteiger partial charge in [-0.2, -0.15) is 0 Å². The molecular weight excluding hydrogens is 367 g/mol. The van der Waals surface area contributed by atoms with Crippen LogP contribution >= 0.6 is 11.8 Å². The molecule has 0 bridgehead atoms. The number of carbonyl (C=O) groups excluding carboxylic acids is 2. The van der Waals surface area contributed by atoms with Gasteiger partial charge in [-0.1, -0.05) is 6.07 Å². The summed E-state index contributed by atoms with van der Waals surface area (Å²) in [6, 6.07) is 11.3. The van der Waals surface area contributed by atoms with E-state index in [1.807, 2.05) is 6.92 Å². The number of hydrogen-bond acceptors (Lipinski definition) is 4. The van der Waals surface area contributed by atoms with Crippen LogP contribution in [0.4, 0.5) is 10.1 Å². The van der Waals surface area contributed by atoms with Crippen LogP contribution in [0.1, 0.15) is 15.9 Å². The van der Waals surface area contributed by atoms with Crippen LogP contribution in [-0.2, 0) is 9.53 Å². The average Bonchev–Trinajstić information content (AvgIpc) is 2.69. The second-order valence-corrected chi connectivity index (χ2v) is 7.22. The summed E-state index contributed by atoms with van der Waals surface area (Å²) >= 11 is 1.33. The van der Waals surface area contributed by atoms with Crippen LogP contribution in [0.25, 0.3) is 0 Å². The molecule has 0 aliphatic carbocycles. The molecule has 5 nitrogen and oxygen atoms in total. The number of benzene rings is 2. The zero-order valence-corrected chi connectivity index (χ0v) is 15.9. The van der Waals surface area contributed by atoms with E-state index in [1.165, 1.54) is 23.9 Å². The molecule has 0 spiro atoms. The third-order valence-corrected chi connectivity index (χ3v) is 5.33. The highest BCUT2D eigenvalue weighted by molar-refractivity contribution is 8.00. The van der Waals surface area contributed by atoms with Gasteiger partial charge in [0.15, 0.2) is 0 Å². The fourth-order valence-electron chi connectivity index (χ4n) is 2.81. The molecule has 2 amide bonds. The number of rotatable bonds is 5. The number of morpholine rings is 1. The van der Waals surface area contributed by atoms with Gasteiger partial charge < -0.3 is 15.0 Å². The lowest BCUT2D eigenvalue weighted by atomic mass is 10.1. The number of anilines is 1. The Morgan fingerprint density at radius 2 is 1.85 bits per heavy atom. The van der Waals surface area contributed by atoms with E-state index in [4.69, 9.17) is 4.74 Å². The van der Waals surface area contributed by atoms with Crippen molar-refractivity contribution in [3.63, 3.8) is 0 Å². The van der Waals surface area contributed by atoms with Gasteiger partial charge >= 0.3 is 0 Å². The number of nitrogens with zero attached hydrogens (tertiary/aromatic N) is 1. The van der Waals surface area contributed by atoms with Gasteiger partial charge in [-0.15, -0.1) is 11.8 Å². The summed E-state index contributed by atoms with van der Waals surface area (Å²) in [5.41, 5.74) is 1.95. The SMILES string of the molecule is Cc1c(NC(=O)CSc2ccc(F)cc2)cccc1C(=O)N1CCOCC1. The van der Waals surface area contributed by atoms with Gasteiger partial charge in [-0.05, 0) is 48.9 Å². The second kappa shape index (κ2) is 9.01. The summed E-state index contributed by atoms with van der Waals surface area (Å²) in [7, 11) is 0. The highest BCUT2D eigenvalue weighted by Crippen LogP contribution is 2.22. The normalized spacial score (nSPS) is 14.1. The van der Waals surface area contributed by atoms with Crippen LogP contribution in [0.3, 0.4) is 0 Å². The zero-order valence-electron chi connectivity index (χ0n) is 15.0. The van der Waals surface area contributed by atoms with Crippen molar-refractivity contribution in [2.24, 2.45) is 0 Å². The van der Waals surface area contributed by atoms with E-state index in [-0.39, 0.29) is 23.4 Å². The highest BCUT2D eigenvalue weighted by Gasteiger charge is 2.21. The van der Waals surface area contributed by atoms with E-state index in [9.17, 15) is 14.0 Å². The minimum Gasteiger partial charge on any atom is -0.378 e. The quantitative estimate of drug-likeness (QED) is 0.799. The van der Waals surface area contributed by atoms with Gasteiger partial charge in [0.2, 0.25) is 5.91 Å². The molecule has 1 aliphatic heterocycles. The largest absolute Gasteiger partial charge is 0.378 e. The van der Waals surface area contributed by atoms with Crippen molar-refractivity contribution in [2.45, 2.75) is 11.8 Å². The molecule has 7 heteroatoms.